The monoisotopic (exact) mass is 222 g/mol. The molecule has 0 fully saturated rings. The summed E-state index contributed by atoms with van der Waals surface area (Å²) in [6.07, 6.45) is 1.89. The molecule has 0 rings (SSSR count). The van der Waals surface area contributed by atoms with Gasteiger partial charge in [-0.25, -0.2) is 0 Å². The minimum absolute atomic E-state index is 0.0577. The zero-order chi connectivity index (χ0) is 11.2. The molecular formula is C10H22O5. The second-order valence-electron chi connectivity index (χ2n) is 2.99. The Bertz CT molecular complexity index is 98.0. The molecule has 0 saturated heterocycles. The van der Waals surface area contributed by atoms with Crippen molar-refractivity contribution in [3.63, 3.8) is 0 Å². The van der Waals surface area contributed by atoms with E-state index in [-0.39, 0.29) is 13.2 Å². The first-order chi connectivity index (χ1) is 7.41. The van der Waals surface area contributed by atoms with E-state index < -0.39 is 0 Å². The van der Waals surface area contributed by atoms with Crippen molar-refractivity contribution in [2.24, 2.45) is 0 Å². The summed E-state index contributed by atoms with van der Waals surface area (Å²) in [5, 5.41) is 16.8. The molecule has 5 heteroatoms. The van der Waals surface area contributed by atoms with Crippen LogP contribution in [0.3, 0.4) is 0 Å². The van der Waals surface area contributed by atoms with Crippen LogP contribution >= 0.6 is 0 Å². The highest BCUT2D eigenvalue weighted by Crippen LogP contribution is 1.91. The van der Waals surface area contributed by atoms with E-state index in [1.54, 1.807) is 0 Å². The predicted molar refractivity (Wildman–Crippen MR) is 55.9 cm³/mol. The zero-order valence-corrected chi connectivity index (χ0v) is 9.19. The maximum Gasteiger partial charge on any atom is 0.0701 e. The van der Waals surface area contributed by atoms with Gasteiger partial charge in [0.2, 0.25) is 0 Å². The molecule has 15 heavy (non-hydrogen) atoms. The largest absolute Gasteiger partial charge is 0.394 e. The summed E-state index contributed by atoms with van der Waals surface area (Å²) < 4.78 is 15.4. The molecule has 92 valence electrons. The van der Waals surface area contributed by atoms with Crippen molar-refractivity contribution >= 4 is 0 Å². The molecule has 0 atom stereocenters. The van der Waals surface area contributed by atoms with Crippen LogP contribution in [0.5, 0.6) is 0 Å². The van der Waals surface area contributed by atoms with Gasteiger partial charge < -0.3 is 24.4 Å². The third-order valence-electron chi connectivity index (χ3n) is 1.67. The molecule has 0 amide bonds. The Balaban J connectivity index is 2.81. The fourth-order valence-corrected chi connectivity index (χ4v) is 0.961. The van der Waals surface area contributed by atoms with Gasteiger partial charge in [-0.15, -0.1) is 0 Å². The third-order valence-corrected chi connectivity index (χ3v) is 1.67. The SMILES string of the molecule is OCCOCCCCOCCOCCO. The Hall–Kier alpha value is -0.200. The van der Waals surface area contributed by atoms with Crippen molar-refractivity contribution in [3.05, 3.63) is 0 Å². The fourth-order valence-electron chi connectivity index (χ4n) is 0.961. The highest BCUT2D eigenvalue weighted by molar-refractivity contribution is 4.39. The standard InChI is InChI=1S/C10H22O5/c11-3-7-13-5-1-2-6-14-9-10-15-8-4-12/h11-12H,1-10H2. The Morgan fingerprint density at radius 2 is 0.933 bits per heavy atom. The second-order valence-corrected chi connectivity index (χ2v) is 2.99. The summed E-state index contributed by atoms with van der Waals surface area (Å²) in [5.41, 5.74) is 0. The number of aliphatic hydroxyl groups excluding tert-OH is 2. The van der Waals surface area contributed by atoms with Crippen LogP contribution in [0, 0.1) is 0 Å². The first-order valence-electron chi connectivity index (χ1n) is 5.36. The van der Waals surface area contributed by atoms with E-state index in [0.717, 1.165) is 12.8 Å². The van der Waals surface area contributed by atoms with Crippen molar-refractivity contribution in [1.29, 1.82) is 0 Å². The first kappa shape index (κ1) is 14.8. The lowest BCUT2D eigenvalue weighted by Gasteiger charge is -2.05. The zero-order valence-electron chi connectivity index (χ0n) is 9.19. The average Bonchev–Trinajstić information content (AvgIpc) is 2.26. The molecule has 0 aliphatic rings. The Morgan fingerprint density at radius 3 is 1.40 bits per heavy atom. The molecule has 0 spiro atoms. The van der Waals surface area contributed by atoms with Crippen LogP contribution in [-0.2, 0) is 14.2 Å². The van der Waals surface area contributed by atoms with Crippen LogP contribution in [0.2, 0.25) is 0 Å². The highest BCUT2D eigenvalue weighted by atomic mass is 16.5. The summed E-state index contributed by atoms with van der Waals surface area (Å²) in [4.78, 5) is 0. The van der Waals surface area contributed by atoms with Gasteiger partial charge in [0.25, 0.3) is 0 Å². The Labute approximate surface area is 91.0 Å². The van der Waals surface area contributed by atoms with E-state index in [1.807, 2.05) is 0 Å². The van der Waals surface area contributed by atoms with Crippen molar-refractivity contribution in [1.82, 2.24) is 0 Å². The van der Waals surface area contributed by atoms with Gasteiger partial charge in [-0.1, -0.05) is 0 Å². The van der Waals surface area contributed by atoms with Gasteiger partial charge in [0, 0.05) is 13.2 Å². The quantitative estimate of drug-likeness (QED) is 0.448. The minimum atomic E-state index is 0.0577. The van der Waals surface area contributed by atoms with Gasteiger partial charge in [-0.05, 0) is 12.8 Å². The molecule has 0 heterocycles. The van der Waals surface area contributed by atoms with Gasteiger partial charge >= 0.3 is 0 Å². The van der Waals surface area contributed by atoms with Gasteiger partial charge in [-0.2, -0.15) is 0 Å². The first-order valence-corrected chi connectivity index (χ1v) is 5.36. The maximum atomic E-state index is 8.43. The molecule has 0 aliphatic heterocycles. The molecular weight excluding hydrogens is 200 g/mol. The van der Waals surface area contributed by atoms with E-state index >= 15 is 0 Å². The lowest BCUT2D eigenvalue weighted by molar-refractivity contribution is 0.0292. The number of hydrogen-bond donors (Lipinski definition) is 2. The van der Waals surface area contributed by atoms with Crippen LogP contribution in [0.15, 0.2) is 0 Å². The molecule has 0 unspecified atom stereocenters. The van der Waals surface area contributed by atoms with Crippen LogP contribution < -0.4 is 0 Å². The van der Waals surface area contributed by atoms with E-state index in [9.17, 15) is 0 Å². The van der Waals surface area contributed by atoms with Gasteiger partial charge in [-0.3, -0.25) is 0 Å². The molecule has 0 aromatic heterocycles. The van der Waals surface area contributed by atoms with Gasteiger partial charge in [0.05, 0.1) is 39.6 Å². The summed E-state index contributed by atoms with van der Waals surface area (Å²) in [5.74, 6) is 0. The lowest BCUT2D eigenvalue weighted by Crippen LogP contribution is -2.08. The van der Waals surface area contributed by atoms with Crippen LogP contribution in [-0.4, -0.2) is 63.1 Å². The summed E-state index contributed by atoms with van der Waals surface area (Å²) in [6, 6.07) is 0. The maximum absolute atomic E-state index is 8.43. The summed E-state index contributed by atoms with van der Waals surface area (Å²) in [6.45, 7) is 3.39. The van der Waals surface area contributed by atoms with E-state index in [1.165, 1.54) is 0 Å². The van der Waals surface area contributed by atoms with Crippen molar-refractivity contribution in [3.8, 4) is 0 Å². The van der Waals surface area contributed by atoms with E-state index in [2.05, 4.69) is 0 Å². The molecule has 0 saturated carbocycles. The molecule has 0 bridgehead atoms. The number of ether oxygens (including phenoxy) is 3. The highest BCUT2D eigenvalue weighted by Gasteiger charge is 1.91. The molecule has 0 aliphatic carbocycles. The molecule has 2 N–H and O–H groups in total. The number of unbranched alkanes of at least 4 members (excludes halogenated alkanes) is 1. The number of hydrogen-bond acceptors (Lipinski definition) is 5. The predicted octanol–water partition coefficient (Wildman–Crippen LogP) is -0.199. The van der Waals surface area contributed by atoms with Crippen molar-refractivity contribution in [2.45, 2.75) is 12.8 Å². The summed E-state index contributed by atoms with van der Waals surface area (Å²) in [7, 11) is 0. The number of rotatable bonds is 12. The Morgan fingerprint density at radius 1 is 0.533 bits per heavy atom. The van der Waals surface area contributed by atoms with Crippen LogP contribution in [0.1, 0.15) is 12.8 Å². The minimum Gasteiger partial charge on any atom is -0.394 e. The van der Waals surface area contributed by atoms with Crippen LogP contribution in [0.4, 0.5) is 0 Å². The van der Waals surface area contributed by atoms with Gasteiger partial charge in [0.15, 0.2) is 0 Å². The lowest BCUT2D eigenvalue weighted by atomic mass is 10.3. The third kappa shape index (κ3) is 13.8. The van der Waals surface area contributed by atoms with Crippen LogP contribution in [0.25, 0.3) is 0 Å². The molecule has 0 aromatic carbocycles. The molecule has 0 aromatic rings. The topological polar surface area (TPSA) is 68.2 Å². The van der Waals surface area contributed by atoms with Gasteiger partial charge in [0.1, 0.15) is 0 Å². The second kappa shape index (κ2) is 13.8. The Kier molecular flexibility index (Phi) is 13.6. The average molecular weight is 222 g/mol. The van der Waals surface area contributed by atoms with E-state index in [4.69, 9.17) is 24.4 Å². The van der Waals surface area contributed by atoms with E-state index in [0.29, 0.717) is 39.6 Å². The smallest absolute Gasteiger partial charge is 0.0701 e. The summed E-state index contributed by atoms with van der Waals surface area (Å²) >= 11 is 0. The number of aliphatic hydroxyl groups is 2. The van der Waals surface area contributed by atoms with Crippen molar-refractivity contribution in [2.75, 3.05) is 52.9 Å². The van der Waals surface area contributed by atoms with Crippen molar-refractivity contribution < 1.29 is 24.4 Å². The normalized spacial score (nSPS) is 10.8. The fraction of sp³-hybridized carbons (Fsp3) is 1.00. The molecule has 5 nitrogen and oxygen atoms in total. The molecule has 0 radical (unpaired) electrons.